The summed E-state index contributed by atoms with van der Waals surface area (Å²) in [4.78, 5) is 2.23. The van der Waals surface area contributed by atoms with Crippen molar-refractivity contribution in [3.63, 3.8) is 0 Å². The molecular formula is C13H19BN2O5S. The Morgan fingerprint density at radius 3 is 2.27 bits per heavy atom. The Labute approximate surface area is 130 Å². The molecule has 1 spiro atoms. The molecule has 22 heavy (non-hydrogen) atoms. The lowest BCUT2D eigenvalue weighted by atomic mass is 9.90. The predicted molar refractivity (Wildman–Crippen MR) is 82.1 cm³/mol. The van der Waals surface area contributed by atoms with Gasteiger partial charge in [-0.25, -0.2) is 12.6 Å². The Bertz CT molecular complexity index is 635. The fourth-order valence-electron chi connectivity index (χ4n) is 2.59. The first kappa shape index (κ1) is 15.8. The van der Waals surface area contributed by atoms with Gasteiger partial charge in [0, 0.05) is 5.69 Å². The van der Waals surface area contributed by atoms with Crippen molar-refractivity contribution in [2.75, 3.05) is 38.3 Å². The van der Waals surface area contributed by atoms with Gasteiger partial charge in [-0.15, -0.1) is 0 Å². The maximum atomic E-state index is 12.3. The summed E-state index contributed by atoms with van der Waals surface area (Å²) in [5.74, 6) is -0.475. The van der Waals surface area contributed by atoms with Crippen molar-refractivity contribution in [2.24, 2.45) is 0 Å². The molecule has 2 aliphatic heterocycles. The van der Waals surface area contributed by atoms with Gasteiger partial charge in [-0.3, -0.25) is 0 Å². The molecule has 0 aliphatic carbocycles. The van der Waals surface area contributed by atoms with Crippen LogP contribution in [0, 0.1) is 0 Å². The quantitative estimate of drug-likeness (QED) is 0.784. The number of ether oxygens (including phenoxy) is 2. The second-order valence-electron chi connectivity index (χ2n) is 5.61. The minimum absolute atomic E-state index is 0.156. The van der Waals surface area contributed by atoms with Crippen LogP contribution in [0.25, 0.3) is 0 Å². The molecule has 0 bridgehead atoms. The van der Waals surface area contributed by atoms with E-state index < -0.39 is 22.9 Å². The van der Waals surface area contributed by atoms with Gasteiger partial charge >= 0.3 is 7.05 Å². The number of rotatable bonds is 4. The molecule has 0 radical (unpaired) electrons. The molecule has 0 amide bonds. The molecule has 1 N–H and O–H groups in total. The highest BCUT2D eigenvalue weighted by Crippen LogP contribution is 2.34. The summed E-state index contributed by atoms with van der Waals surface area (Å²) in [6.45, 7) is 3.94. The van der Waals surface area contributed by atoms with Gasteiger partial charge in [0.25, 0.3) is 0 Å². The highest BCUT2D eigenvalue weighted by Gasteiger charge is 2.48. The third-order valence-corrected chi connectivity index (χ3v) is 6.01. The molecule has 0 aromatic heterocycles. The van der Waals surface area contributed by atoms with Crippen LogP contribution in [0.3, 0.4) is 0 Å². The fraction of sp³-hybridized carbons (Fsp3) is 0.538. The van der Waals surface area contributed by atoms with E-state index >= 15 is 0 Å². The van der Waals surface area contributed by atoms with Gasteiger partial charge in [0.05, 0.1) is 31.2 Å². The van der Waals surface area contributed by atoms with E-state index in [1.54, 1.807) is 24.3 Å². The molecular weight excluding hydrogens is 307 g/mol. The summed E-state index contributed by atoms with van der Waals surface area (Å²) >= 11 is 0. The number of benzene rings is 1. The predicted octanol–water partition coefficient (Wildman–Crippen LogP) is -0.0195. The Kier molecular flexibility index (Phi) is 3.94. The smallest absolute Gasteiger partial charge is 0.390 e. The van der Waals surface area contributed by atoms with Gasteiger partial charge in [-0.1, -0.05) is 0 Å². The maximum absolute atomic E-state index is 12.3. The van der Waals surface area contributed by atoms with Gasteiger partial charge in [0.2, 0.25) is 15.8 Å². The van der Waals surface area contributed by atoms with E-state index in [1.807, 2.05) is 0 Å². The SMILES string of the molecule is CB(O)N(C)S(=O)(=O)c1ccc(N2CC3(C2)OCCO3)cc1. The van der Waals surface area contributed by atoms with Crippen LogP contribution in [-0.4, -0.2) is 63.8 Å². The van der Waals surface area contributed by atoms with Crippen molar-refractivity contribution in [1.82, 2.24) is 4.22 Å². The molecule has 0 atom stereocenters. The molecule has 2 fully saturated rings. The molecule has 1 aromatic rings. The standard InChI is InChI=1S/C13H19BN2O5S/c1-14(17)15(2)22(18,19)12-5-3-11(4-6-12)16-9-13(10-16)20-7-8-21-13/h3-6,17H,7-10H2,1-2H3. The summed E-state index contributed by atoms with van der Waals surface area (Å²) in [7, 11) is -3.40. The average molecular weight is 326 g/mol. The molecule has 9 heteroatoms. The van der Waals surface area contributed by atoms with Gasteiger partial charge in [-0.2, -0.15) is 0 Å². The fourth-order valence-corrected chi connectivity index (χ4v) is 3.81. The van der Waals surface area contributed by atoms with Crippen molar-refractivity contribution < 1.29 is 22.9 Å². The first-order chi connectivity index (χ1) is 10.3. The molecule has 7 nitrogen and oxygen atoms in total. The Morgan fingerprint density at radius 1 is 1.23 bits per heavy atom. The van der Waals surface area contributed by atoms with Crippen LogP contribution in [0.1, 0.15) is 0 Å². The Morgan fingerprint density at radius 2 is 1.77 bits per heavy atom. The lowest BCUT2D eigenvalue weighted by Crippen LogP contribution is -2.62. The van der Waals surface area contributed by atoms with Crippen molar-refractivity contribution in [1.29, 1.82) is 0 Å². The molecule has 1 aromatic carbocycles. The number of hydrogen-bond donors (Lipinski definition) is 1. The summed E-state index contributed by atoms with van der Waals surface area (Å²) in [6.07, 6.45) is 0. The van der Waals surface area contributed by atoms with E-state index in [9.17, 15) is 13.4 Å². The van der Waals surface area contributed by atoms with Crippen molar-refractivity contribution in [2.45, 2.75) is 17.5 Å². The highest BCUT2D eigenvalue weighted by atomic mass is 32.2. The molecule has 2 saturated heterocycles. The van der Waals surface area contributed by atoms with Crippen molar-refractivity contribution in [3.05, 3.63) is 24.3 Å². The van der Waals surface area contributed by atoms with Gasteiger partial charge < -0.3 is 19.4 Å². The molecule has 0 unspecified atom stereocenters. The zero-order chi connectivity index (χ0) is 16.0. The van der Waals surface area contributed by atoms with Crippen LogP contribution in [-0.2, 0) is 19.5 Å². The molecule has 120 valence electrons. The summed E-state index contributed by atoms with van der Waals surface area (Å²) in [6, 6.07) is 6.60. The summed E-state index contributed by atoms with van der Waals surface area (Å²) in [5.41, 5.74) is 0.920. The van der Waals surface area contributed by atoms with Crippen LogP contribution in [0.15, 0.2) is 29.2 Å². The van der Waals surface area contributed by atoms with Crippen molar-refractivity contribution in [3.8, 4) is 0 Å². The van der Waals surface area contributed by atoms with Crippen LogP contribution in [0.2, 0.25) is 6.82 Å². The molecule has 0 saturated carbocycles. The maximum Gasteiger partial charge on any atom is 0.390 e. The average Bonchev–Trinajstić information content (AvgIpc) is 2.94. The van der Waals surface area contributed by atoms with Gasteiger partial charge in [0.15, 0.2) is 0 Å². The monoisotopic (exact) mass is 326 g/mol. The molecule has 2 aliphatic rings. The number of hydrogen-bond acceptors (Lipinski definition) is 6. The van der Waals surface area contributed by atoms with E-state index in [-0.39, 0.29) is 4.90 Å². The van der Waals surface area contributed by atoms with Crippen LogP contribution in [0.5, 0.6) is 0 Å². The topological polar surface area (TPSA) is 79.3 Å². The summed E-state index contributed by atoms with van der Waals surface area (Å²) in [5, 5.41) is 9.44. The lowest BCUT2D eigenvalue weighted by molar-refractivity contribution is -0.172. The third-order valence-electron chi connectivity index (χ3n) is 4.08. The molecule has 2 heterocycles. The molecule has 3 rings (SSSR count). The lowest BCUT2D eigenvalue weighted by Gasteiger charge is -2.47. The first-order valence-electron chi connectivity index (χ1n) is 7.13. The van der Waals surface area contributed by atoms with E-state index in [1.165, 1.54) is 13.9 Å². The van der Waals surface area contributed by atoms with Crippen LogP contribution in [0.4, 0.5) is 5.69 Å². The van der Waals surface area contributed by atoms with E-state index in [2.05, 4.69) is 4.90 Å². The third kappa shape index (κ3) is 2.63. The Hall–Kier alpha value is -1.13. The van der Waals surface area contributed by atoms with E-state index in [0.29, 0.717) is 26.3 Å². The number of nitrogens with zero attached hydrogens (tertiary/aromatic N) is 2. The minimum Gasteiger partial charge on any atom is -0.437 e. The van der Waals surface area contributed by atoms with Gasteiger partial charge in [-0.05, 0) is 38.1 Å². The second kappa shape index (κ2) is 5.50. The zero-order valence-electron chi connectivity index (χ0n) is 12.6. The normalized spacial score (nSPS) is 20.5. The van der Waals surface area contributed by atoms with Crippen molar-refractivity contribution >= 4 is 22.8 Å². The zero-order valence-corrected chi connectivity index (χ0v) is 13.4. The van der Waals surface area contributed by atoms with Crippen LogP contribution < -0.4 is 4.90 Å². The Balaban J connectivity index is 1.71. The highest BCUT2D eigenvalue weighted by molar-refractivity contribution is 7.90. The second-order valence-corrected chi connectivity index (χ2v) is 7.61. The van der Waals surface area contributed by atoms with Crippen LogP contribution >= 0.6 is 0 Å². The van der Waals surface area contributed by atoms with Gasteiger partial charge in [0.1, 0.15) is 0 Å². The minimum atomic E-state index is -3.68. The summed E-state index contributed by atoms with van der Waals surface area (Å²) < 4.78 is 36.6. The largest absolute Gasteiger partial charge is 0.437 e. The number of sulfonamides is 1. The van der Waals surface area contributed by atoms with E-state index in [4.69, 9.17) is 9.47 Å². The first-order valence-corrected chi connectivity index (χ1v) is 8.57. The number of anilines is 1. The van der Waals surface area contributed by atoms with E-state index in [0.717, 1.165) is 9.90 Å².